The highest BCUT2D eigenvalue weighted by atomic mass is 32.1. The van der Waals surface area contributed by atoms with Gasteiger partial charge < -0.3 is 10.2 Å². The van der Waals surface area contributed by atoms with Crippen LogP contribution in [0.25, 0.3) is 0 Å². The standard InChI is InChI=1S/C23H29N7OS/c1-14-12-24-23(32-14)27-20-11-17(25-15(2)26-20)10-16-6-5-9-30(13-16)22(31)21-18-7-3-4-8-19(18)28-29-21/h11-12,16H,3-10,13H2,1-2H3,(H,28,29)(H,24,25,26,27). The minimum Gasteiger partial charge on any atom is -0.337 e. The average Bonchev–Trinajstić information content (AvgIpc) is 3.39. The van der Waals surface area contributed by atoms with Gasteiger partial charge in [-0.3, -0.25) is 9.89 Å². The van der Waals surface area contributed by atoms with Gasteiger partial charge in [0.1, 0.15) is 11.6 Å². The number of hydrogen-bond acceptors (Lipinski definition) is 7. The number of H-pyrrole nitrogens is 1. The molecule has 1 aliphatic carbocycles. The molecule has 4 heterocycles. The van der Waals surface area contributed by atoms with Crippen molar-refractivity contribution in [3.8, 4) is 0 Å². The van der Waals surface area contributed by atoms with Gasteiger partial charge in [0.25, 0.3) is 5.91 Å². The Morgan fingerprint density at radius 1 is 1.25 bits per heavy atom. The fourth-order valence-electron chi connectivity index (χ4n) is 4.84. The maximum atomic E-state index is 13.2. The summed E-state index contributed by atoms with van der Waals surface area (Å²) < 4.78 is 0. The fourth-order valence-corrected chi connectivity index (χ4v) is 5.51. The molecular formula is C23H29N7OS. The van der Waals surface area contributed by atoms with Crippen molar-refractivity contribution in [1.29, 1.82) is 0 Å². The number of anilines is 2. The minimum atomic E-state index is 0.0782. The number of hydrogen-bond donors (Lipinski definition) is 2. The van der Waals surface area contributed by atoms with Crippen LogP contribution in [0.3, 0.4) is 0 Å². The normalized spacial score (nSPS) is 18.4. The van der Waals surface area contributed by atoms with Crippen molar-refractivity contribution in [2.24, 2.45) is 5.92 Å². The summed E-state index contributed by atoms with van der Waals surface area (Å²) in [6, 6.07) is 2.01. The summed E-state index contributed by atoms with van der Waals surface area (Å²) in [5.74, 6) is 1.97. The molecule has 168 valence electrons. The average molecular weight is 452 g/mol. The van der Waals surface area contributed by atoms with Gasteiger partial charge in [-0.25, -0.2) is 15.0 Å². The van der Waals surface area contributed by atoms with Crippen molar-refractivity contribution >= 4 is 28.2 Å². The number of aryl methyl sites for hydroxylation is 3. The topological polar surface area (TPSA) is 99.7 Å². The largest absolute Gasteiger partial charge is 0.337 e. The summed E-state index contributed by atoms with van der Waals surface area (Å²) in [5, 5.41) is 11.6. The van der Waals surface area contributed by atoms with E-state index < -0.39 is 0 Å². The Morgan fingerprint density at radius 2 is 2.12 bits per heavy atom. The molecule has 8 nitrogen and oxygen atoms in total. The van der Waals surface area contributed by atoms with Crippen LogP contribution in [-0.2, 0) is 19.3 Å². The lowest BCUT2D eigenvalue weighted by Gasteiger charge is -2.32. The van der Waals surface area contributed by atoms with Gasteiger partial charge in [0.2, 0.25) is 0 Å². The van der Waals surface area contributed by atoms with E-state index in [9.17, 15) is 4.79 Å². The first-order chi connectivity index (χ1) is 15.5. The van der Waals surface area contributed by atoms with Crippen LogP contribution in [0, 0.1) is 19.8 Å². The van der Waals surface area contributed by atoms with E-state index in [1.54, 1.807) is 11.3 Å². The molecule has 3 aromatic heterocycles. The van der Waals surface area contributed by atoms with Crippen LogP contribution in [0.2, 0.25) is 0 Å². The van der Waals surface area contributed by atoms with Gasteiger partial charge in [0.05, 0.1) is 0 Å². The van der Waals surface area contributed by atoms with Crippen molar-refractivity contribution < 1.29 is 4.79 Å². The van der Waals surface area contributed by atoms with Crippen molar-refractivity contribution in [2.45, 2.75) is 58.8 Å². The Kier molecular flexibility index (Phi) is 5.91. The highest BCUT2D eigenvalue weighted by molar-refractivity contribution is 7.15. The molecule has 0 spiro atoms. The molecule has 1 unspecified atom stereocenters. The third-order valence-corrected chi connectivity index (χ3v) is 7.14. The molecule has 1 atom stereocenters. The van der Waals surface area contributed by atoms with Crippen molar-refractivity contribution in [3.05, 3.63) is 45.6 Å². The molecule has 0 saturated carbocycles. The number of amides is 1. The van der Waals surface area contributed by atoms with Crippen LogP contribution in [0.15, 0.2) is 12.3 Å². The lowest BCUT2D eigenvalue weighted by molar-refractivity contribution is 0.0665. The molecule has 1 aliphatic heterocycles. The van der Waals surface area contributed by atoms with Gasteiger partial charge >= 0.3 is 0 Å². The number of carbonyl (C=O) groups excluding carboxylic acids is 1. The van der Waals surface area contributed by atoms with Gasteiger partial charge in [-0.05, 0) is 64.7 Å². The Hall–Kier alpha value is -2.81. The van der Waals surface area contributed by atoms with Gasteiger partial charge in [0, 0.05) is 47.2 Å². The van der Waals surface area contributed by atoms with E-state index >= 15 is 0 Å². The third kappa shape index (κ3) is 4.53. The molecule has 0 radical (unpaired) electrons. The van der Waals surface area contributed by atoms with Crippen LogP contribution < -0.4 is 5.32 Å². The molecule has 1 fully saturated rings. The molecule has 0 bridgehead atoms. The second-order valence-electron chi connectivity index (χ2n) is 8.89. The SMILES string of the molecule is Cc1nc(CC2CCCN(C(=O)c3n[nH]c4c3CCCC4)C2)cc(Nc2ncc(C)s2)n1. The van der Waals surface area contributed by atoms with Crippen LogP contribution in [-0.4, -0.2) is 49.0 Å². The fraction of sp³-hybridized carbons (Fsp3) is 0.522. The van der Waals surface area contributed by atoms with Gasteiger partial charge in [-0.2, -0.15) is 5.10 Å². The molecule has 5 rings (SSSR count). The number of rotatable bonds is 5. The maximum Gasteiger partial charge on any atom is 0.274 e. The second kappa shape index (κ2) is 8.97. The minimum absolute atomic E-state index is 0.0782. The number of piperidine rings is 1. The predicted molar refractivity (Wildman–Crippen MR) is 124 cm³/mol. The zero-order valence-electron chi connectivity index (χ0n) is 18.6. The number of nitrogens with one attached hydrogen (secondary N) is 2. The molecule has 3 aromatic rings. The smallest absolute Gasteiger partial charge is 0.274 e. The van der Waals surface area contributed by atoms with Crippen molar-refractivity contribution in [2.75, 3.05) is 18.4 Å². The monoisotopic (exact) mass is 451 g/mol. The van der Waals surface area contributed by atoms with E-state index in [0.29, 0.717) is 11.6 Å². The number of fused-ring (bicyclic) bond motifs is 1. The predicted octanol–water partition coefficient (Wildman–Crippen LogP) is 3.99. The third-order valence-electron chi connectivity index (χ3n) is 6.31. The number of carbonyl (C=O) groups is 1. The highest BCUT2D eigenvalue weighted by Gasteiger charge is 2.29. The van der Waals surface area contributed by atoms with E-state index in [2.05, 4.69) is 30.5 Å². The van der Waals surface area contributed by atoms with E-state index in [1.807, 2.05) is 31.0 Å². The van der Waals surface area contributed by atoms with E-state index in [4.69, 9.17) is 0 Å². The van der Waals surface area contributed by atoms with Crippen LogP contribution in [0.4, 0.5) is 10.9 Å². The van der Waals surface area contributed by atoms with Crippen LogP contribution >= 0.6 is 11.3 Å². The second-order valence-corrected chi connectivity index (χ2v) is 10.1. The summed E-state index contributed by atoms with van der Waals surface area (Å²) in [6.07, 6.45) is 9.06. The zero-order chi connectivity index (χ0) is 22.1. The lowest BCUT2D eigenvalue weighted by atomic mass is 9.92. The number of thiazole rings is 1. The first-order valence-electron chi connectivity index (χ1n) is 11.4. The van der Waals surface area contributed by atoms with Crippen LogP contribution in [0.5, 0.6) is 0 Å². The van der Waals surface area contributed by atoms with Gasteiger partial charge in [-0.15, -0.1) is 11.3 Å². The molecule has 32 heavy (non-hydrogen) atoms. The summed E-state index contributed by atoms with van der Waals surface area (Å²) in [6.45, 7) is 5.50. The highest BCUT2D eigenvalue weighted by Crippen LogP contribution is 2.27. The quantitative estimate of drug-likeness (QED) is 0.608. The maximum absolute atomic E-state index is 13.2. The molecule has 2 N–H and O–H groups in total. The molecule has 0 aromatic carbocycles. The number of aromatic amines is 1. The summed E-state index contributed by atoms with van der Waals surface area (Å²) in [7, 11) is 0. The molecule has 9 heteroatoms. The Balaban J connectivity index is 1.27. The summed E-state index contributed by atoms with van der Waals surface area (Å²) >= 11 is 1.61. The zero-order valence-corrected chi connectivity index (χ0v) is 19.5. The van der Waals surface area contributed by atoms with Crippen LogP contribution in [0.1, 0.15) is 63.8 Å². The molecule has 1 amide bonds. The number of nitrogens with zero attached hydrogens (tertiary/aromatic N) is 5. The first kappa shape index (κ1) is 21.1. The van der Waals surface area contributed by atoms with E-state index in [1.165, 1.54) is 6.42 Å². The Bertz CT molecular complexity index is 1120. The molecular weight excluding hydrogens is 422 g/mol. The number of aromatic nitrogens is 5. The van der Waals surface area contributed by atoms with E-state index in [-0.39, 0.29) is 5.91 Å². The first-order valence-corrected chi connectivity index (χ1v) is 12.3. The molecule has 1 saturated heterocycles. The van der Waals surface area contributed by atoms with E-state index in [0.717, 1.165) is 90.2 Å². The van der Waals surface area contributed by atoms with Crippen molar-refractivity contribution in [3.63, 3.8) is 0 Å². The van der Waals surface area contributed by atoms with Gasteiger partial charge in [-0.1, -0.05) is 0 Å². The molecule has 2 aliphatic rings. The lowest BCUT2D eigenvalue weighted by Crippen LogP contribution is -2.41. The Labute approximate surface area is 191 Å². The summed E-state index contributed by atoms with van der Waals surface area (Å²) in [4.78, 5) is 29.9. The number of likely N-dealkylation sites (tertiary alicyclic amines) is 1. The van der Waals surface area contributed by atoms with Crippen molar-refractivity contribution in [1.82, 2.24) is 30.0 Å². The summed E-state index contributed by atoms with van der Waals surface area (Å²) in [5.41, 5.74) is 3.94. The van der Waals surface area contributed by atoms with Gasteiger partial charge in [0.15, 0.2) is 10.8 Å². The Morgan fingerprint density at radius 3 is 2.97 bits per heavy atom.